The number of hydrogen-bond donors (Lipinski definition) is 1. The van der Waals surface area contributed by atoms with E-state index in [9.17, 15) is 9.59 Å². The van der Waals surface area contributed by atoms with Crippen LogP contribution in [0.1, 0.15) is 40.5 Å². The maximum absolute atomic E-state index is 12.4. The molecule has 0 aliphatic carbocycles. The maximum Gasteiger partial charge on any atom is 0.411 e. The highest BCUT2D eigenvalue weighted by Gasteiger charge is 2.56. The fraction of sp³-hybridized carbons (Fsp3) is 0.600. The van der Waals surface area contributed by atoms with Crippen molar-refractivity contribution >= 4 is 12.0 Å². The van der Waals surface area contributed by atoms with Crippen LogP contribution >= 0.6 is 0 Å². The predicted octanol–water partition coefficient (Wildman–Crippen LogP) is 2.34. The molecule has 20 heavy (non-hydrogen) atoms. The molecule has 0 unspecified atom stereocenters. The van der Waals surface area contributed by atoms with Gasteiger partial charge in [0.1, 0.15) is 11.1 Å². The van der Waals surface area contributed by atoms with Gasteiger partial charge in [0.05, 0.1) is 6.04 Å². The average Bonchev–Trinajstić information content (AvgIpc) is 2.90. The highest BCUT2D eigenvalue weighted by Crippen LogP contribution is 2.42. The molecular weight excluding hydrogens is 256 g/mol. The number of amides is 2. The van der Waals surface area contributed by atoms with Gasteiger partial charge in [-0.1, -0.05) is 18.2 Å². The lowest BCUT2D eigenvalue weighted by atomic mass is 9.92. The topological polar surface area (TPSA) is 58.6 Å². The normalized spacial score (nSPS) is 28.2. The summed E-state index contributed by atoms with van der Waals surface area (Å²) in [4.78, 5) is 26.3. The van der Waals surface area contributed by atoms with Crippen LogP contribution in [0.25, 0.3) is 0 Å². The van der Waals surface area contributed by atoms with Gasteiger partial charge in [0, 0.05) is 0 Å². The van der Waals surface area contributed by atoms with Gasteiger partial charge < -0.3 is 10.1 Å². The van der Waals surface area contributed by atoms with Gasteiger partial charge >= 0.3 is 6.09 Å². The smallest absolute Gasteiger partial charge is 0.411 e. The van der Waals surface area contributed by atoms with Crippen LogP contribution in [0.4, 0.5) is 4.79 Å². The monoisotopic (exact) mass is 278 g/mol. The number of rotatable bonds is 2. The first-order chi connectivity index (χ1) is 9.30. The van der Waals surface area contributed by atoms with Crippen LogP contribution in [0.15, 0.2) is 24.4 Å². The fourth-order valence-electron chi connectivity index (χ4n) is 2.72. The van der Waals surface area contributed by atoms with Crippen molar-refractivity contribution in [3.63, 3.8) is 0 Å². The molecular formula is C15H22N2O3. The van der Waals surface area contributed by atoms with E-state index in [1.165, 1.54) is 0 Å². The Balaban J connectivity index is 2.21. The van der Waals surface area contributed by atoms with E-state index in [0.29, 0.717) is 6.42 Å². The van der Waals surface area contributed by atoms with Gasteiger partial charge in [-0.25, -0.2) is 4.79 Å². The summed E-state index contributed by atoms with van der Waals surface area (Å²) in [6, 6.07) is -0.0405. The van der Waals surface area contributed by atoms with Gasteiger partial charge in [0.15, 0.2) is 0 Å². The van der Waals surface area contributed by atoms with Crippen molar-refractivity contribution in [2.24, 2.45) is 0 Å². The van der Waals surface area contributed by atoms with Crippen LogP contribution in [0, 0.1) is 0 Å². The summed E-state index contributed by atoms with van der Waals surface area (Å²) in [5, 5.41) is 2.72. The molecule has 110 valence electrons. The first-order valence-electron chi connectivity index (χ1n) is 6.94. The summed E-state index contributed by atoms with van der Waals surface area (Å²) in [5.74, 6) is -0.183. The lowest BCUT2D eigenvalue weighted by Crippen LogP contribution is -2.55. The van der Waals surface area contributed by atoms with E-state index >= 15 is 0 Å². The number of carbonyl (C=O) groups is 2. The van der Waals surface area contributed by atoms with Gasteiger partial charge in [-0.3, -0.25) is 9.69 Å². The molecule has 2 heterocycles. The second kappa shape index (κ2) is 4.96. The van der Waals surface area contributed by atoms with E-state index in [4.69, 9.17) is 4.74 Å². The molecule has 0 radical (unpaired) electrons. The molecule has 2 aliphatic heterocycles. The van der Waals surface area contributed by atoms with Crippen LogP contribution in [0.3, 0.4) is 0 Å². The summed E-state index contributed by atoms with van der Waals surface area (Å²) in [6.07, 6.45) is 8.07. The second-order valence-corrected chi connectivity index (χ2v) is 6.21. The Morgan fingerprint density at radius 1 is 1.45 bits per heavy atom. The largest absolute Gasteiger partial charge is 0.444 e. The zero-order valence-electron chi connectivity index (χ0n) is 12.5. The molecule has 0 aromatic heterocycles. The lowest BCUT2D eigenvalue weighted by Gasteiger charge is -2.34. The van der Waals surface area contributed by atoms with E-state index < -0.39 is 17.2 Å². The second-order valence-electron chi connectivity index (χ2n) is 6.21. The van der Waals surface area contributed by atoms with Gasteiger partial charge in [-0.2, -0.15) is 0 Å². The average molecular weight is 278 g/mol. The Hall–Kier alpha value is -1.78. The Morgan fingerprint density at radius 3 is 2.65 bits per heavy atom. The van der Waals surface area contributed by atoms with E-state index in [1.807, 2.05) is 39.8 Å². The van der Waals surface area contributed by atoms with Gasteiger partial charge in [-0.05, 0) is 46.7 Å². The third-order valence-corrected chi connectivity index (χ3v) is 3.54. The number of nitrogens with zero attached hydrogens (tertiary/aromatic N) is 1. The Labute approximate surface area is 119 Å². The summed E-state index contributed by atoms with van der Waals surface area (Å²) in [7, 11) is 0. The highest BCUT2D eigenvalue weighted by atomic mass is 16.6. The summed E-state index contributed by atoms with van der Waals surface area (Å²) in [6.45, 7) is 7.29. The van der Waals surface area contributed by atoms with Crippen LogP contribution in [-0.2, 0) is 9.53 Å². The van der Waals surface area contributed by atoms with Gasteiger partial charge in [0.25, 0.3) is 5.91 Å². The minimum absolute atomic E-state index is 0.0405. The van der Waals surface area contributed by atoms with Crippen molar-refractivity contribution in [2.45, 2.75) is 57.7 Å². The van der Waals surface area contributed by atoms with Gasteiger partial charge in [-0.15, -0.1) is 0 Å². The molecule has 2 amide bonds. The van der Waals surface area contributed by atoms with Crippen LogP contribution in [0.5, 0.6) is 0 Å². The SMILES string of the molecule is C/C=C/NC(=O)[C@@]12C=C[C@@H](CC1)N2C(=O)OC(C)(C)C. The first-order valence-corrected chi connectivity index (χ1v) is 6.94. The minimum Gasteiger partial charge on any atom is -0.444 e. The molecule has 0 aromatic carbocycles. The lowest BCUT2D eigenvalue weighted by molar-refractivity contribution is -0.128. The van der Waals surface area contributed by atoms with Crippen molar-refractivity contribution in [1.82, 2.24) is 10.2 Å². The quantitative estimate of drug-likeness (QED) is 0.789. The van der Waals surface area contributed by atoms with E-state index in [2.05, 4.69) is 5.32 Å². The van der Waals surface area contributed by atoms with Gasteiger partial charge in [0.2, 0.25) is 0 Å². The molecule has 1 N–H and O–H groups in total. The van der Waals surface area contributed by atoms with E-state index in [-0.39, 0.29) is 11.9 Å². The number of ether oxygens (including phenoxy) is 1. The molecule has 0 spiro atoms. The van der Waals surface area contributed by atoms with Crippen molar-refractivity contribution in [3.05, 3.63) is 24.4 Å². The zero-order valence-corrected chi connectivity index (χ0v) is 12.5. The number of fused-ring (bicyclic) bond motifs is 2. The standard InChI is InChI=1S/C15H22N2O3/c1-5-10-16-12(18)15-8-6-11(7-9-15)17(15)13(19)20-14(2,3)4/h5-6,8,10-11H,7,9H2,1-4H3,(H,16,18)/b10-5+/t11-,15+/m0/s1. The highest BCUT2D eigenvalue weighted by molar-refractivity contribution is 5.94. The van der Waals surface area contributed by atoms with Crippen LogP contribution < -0.4 is 5.32 Å². The Bertz CT molecular complexity index is 476. The molecule has 2 atom stereocenters. The summed E-state index contributed by atoms with van der Waals surface area (Å²) >= 11 is 0. The Morgan fingerprint density at radius 2 is 2.15 bits per heavy atom. The summed E-state index contributed by atoms with van der Waals surface area (Å²) in [5.41, 5.74) is -1.47. The molecule has 0 aromatic rings. The third-order valence-electron chi connectivity index (χ3n) is 3.54. The number of allylic oxidation sites excluding steroid dienone is 1. The zero-order chi connectivity index (χ0) is 15.0. The van der Waals surface area contributed by atoms with Crippen molar-refractivity contribution in [3.8, 4) is 0 Å². The molecule has 2 bridgehead atoms. The number of hydrogen-bond acceptors (Lipinski definition) is 3. The Kier molecular flexibility index (Phi) is 3.63. The number of carbonyl (C=O) groups excluding carboxylic acids is 2. The molecule has 2 aliphatic rings. The molecule has 5 heteroatoms. The van der Waals surface area contributed by atoms with Crippen molar-refractivity contribution < 1.29 is 14.3 Å². The summed E-state index contributed by atoms with van der Waals surface area (Å²) < 4.78 is 5.43. The molecule has 1 fully saturated rings. The van der Waals surface area contributed by atoms with E-state index in [0.717, 1.165) is 6.42 Å². The molecule has 0 saturated carbocycles. The van der Waals surface area contributed by atoms with Crippen LogP contribution in [0.2, 0.25) is 0 Å². The van der Waals surface area contributed by atoms with Crippen LogP contribution in [-0.4, -0.2) is 34.1 Å². The maximum atomic E-state index is 12.4. The van der Waals surface area contributed by atoms with E-state index in [1.54, 1.807) is 17.2 Å². The van der Waals surface area contributed by atoms with Crippen molar-refractivity contribution in [2.75, 3.05) is 0 Å². The fourth-order valence-corrected chi connectivity index (χ4v) is 2.72. The first kappa shape index (κ1) is 14.6. The molecule has 5 nitrogen and oxygen atoms in total. The number of nitrogens with one attached hydrogen (secondary N) is 1. The molecule has 1 saturated heterocycles. The predicted molar refractivity (Wildman–Crippen MR) is 75.9 cm³/mol. The minimum atomic E-state index is -0.896. The van der Waals surface area contributed by atoms with Crippen molar-refractivity contribution in [1.29, 1.82) is 0 Å². The third kappa shape index (κ3) is 2.44. The molecule has 2 rings (SSSR count).